The maximum atomic E-state index is 12.5. The molecule has 3 rings (SSSR count). The molecule has 0 saturated carbocycles. The predicted octanol–water partition coefficient (Wildman–Crippen LogP) is 3.72. The van der Waals surface area contributed by atoms with E-state index >= 15 is 0 Å². The molecule has 1 aromatic rings. The molecule has 146 valence electrons. The minimum Gasteiger partial charge on any atom is -0.449 e. The van der Waals surface area contributed by atoms with E-state index in [0.717, 1.165) is 0 Å². The van der Waals surface area contributed by atoms with Crippen LogP contribution in [0.15, 0.2) is 30.0 Å². The number of ether oxygens (including phenoxy) is 4. The summed E-state index contributed by atoms with van der Waals surface area (Å²) in [6.07, 6.45) is -1.26. The molecule has 0 bridgehead atoms. The average Bonchev–Trinajstić information content (AvgIpc) is 3.08. The monoisotopic (exact) mass is 394 g/mol. The fourth-order valence-corrected chi connectivity index (χ4v) is 2.99. The Hall–Kier alpha value is -1.89. The van der Waals surface area contributed by atoms with E-state index in [9.17, 15) is 9.59 Å². The van der Waals surface area contributed by atoms with Crippen LogP contribution in [0.3, 0.4) is 0 Å². The van der Waals surface area contributed by atoms with Crippen molar-refractivity contribution in [3.63, 3.8) is 0 Å². The minimum absolute atomic E-state index is 0.115. The fourth-order valence-electron chi connectivity index (χ4n) is 2.86. The number of benzene rings is 1. The Morgan fingerprint density at radius 3 is 2.37 bits per heavy atom. The summed E-state index contributed by atoms with van der Waals surface area (Å²) in [6.45, 7) is 8.97. The highest BCUT2D eigenvalue weighted by Gasteiger charge is 2.48. The second-order valence-electron chi connectivity index (χ2n) is 8.08. The van der Waals surface area contributed by atoms with Crippen LogP contribution in [0.2, 0.25) is 5.02 Å². The lowest BCUT2D eigenvalue weighted by molar-refractivity contribution is -0.163. The van der Waals surface area contributed by atoms with E-state index in [1.165, 1.54) is 0 Å². The normalized spacial score (nSPS) is 24.9. The maximum absolute atomic E-state index is 12.5. The number of rotatable bonds is 3. The Labute approximate surface area is 163 Å². The Kier molecular flexibility index (Phi) is 5.10. The Morgan fingerprint density at radius 1 is 1.22 bits per heavy atom. The predicted molar refractivity (Wildman–Crippen MR) is 98.7 cm³/mol. The summed E-state index contributed by atoms with van der Waals surface area (Å²) in [7, 11) is 0. The van der Waals surface area contributed by atoms with Gasteiger partial charge in [0.1, 0.15) is 6.10 Å². The van der Waals surface area contributed by atoms with E-state index in [2.05, 4.69) is 0 Å². The van der Waals surface area contributed by atoms with Crippen LogP contribution in [0.25, 0.3) is 5.57 Å². The summed E-state index contributed by atoms with van der Waals surface area (Å²) in [6, 6.07) is 6.89. The first-order valence-electron chi connectivity index (χ1n) is 8.73. The Balaban J connectivity index is 2.03. The second-order valence-corrected chi connectivity index (χ2v) is 8.52. The van der Waals surface area contributed by atoms with E-state index in [4.69, 9.17) is 30.5 Å². The van der Waals surface area contributed by atoms with Crippen molar-refractivity contribution in [3.8, 4) is 0 Å². The molecule has 2 heterocycles. The van der Waals surface area contributed by atoms with E-state index in [1.807, 2.05) is 0 Å². The highest BCUT2D eigenvalue weighted by Crippen LogP contribution is 2.39. The van der Waals surface area contributed by atoms with Crippen LogP contribution in [0.5, 0.6) is 0 Å². The molecule has 0 N–H and O–H groups in total. The van der Waals surface area contributed by atoms with Crippen LogP contribution in [-0.4, -0.2) is 36.5 Å². The molecule has 27 heavy (non-hydrogen) atoms. The molecule has 2 aliphatic heterocycles. The number of halogens is 1. The topological polar surface area (TPSA) is 71.1 Å². The standard InChI is InChI=1S/C20H23ClO6/c1-19(2,3)18(23)26-16-14(11-6-8-12(21)9-7-11)15(25-17(16)22)13-10-24-20(4,5)27-13/h6-9,13,15H,10H2,1-5H3/t13-,15-/m1/s1. The van der Waals surface area contributed by atoms with Crippen molar-refractivity contribution in [3.05, 3.63) is 40.6 Å². The number of cyclic esters (lactones) is 1. The van der Waals surface area contributed by atoms with Gasteiger partial charge in [0.2, 0.25) is 5.76 Å². The van der Waals surface area contributed by atoms with Gasteiger partial charge in [0, 0.05) is 5.02 Å². The van der Waals surface area contributed by atoms with Crippen LogP contribution in [-0.2, 0) is 28.5 Å². The summed E-state index contributed by atoms with van der Waals surface area (Å²) < 4.78 is 22.5. The first kappa shape index (κ1) is 19.9. The van der Waals surface area contributed by atoms with Crippen molar-refractivity contribution in [2.75, 3.05) is 6.61 Å². The summed E-state index contributed by atoms with van der Waals surface area (Å²) in [5.74, 6) is -2.12. The van der Waals surface area contributed by atoms with Crippen molar-refractivity contribution in [2.45, 2.75) is 52.6 Å². The van der Waals surface area contributed by atoms with Crippen molar-refractivity contribution in [1.82, 2.24) is 0 Å². The number of hydrogen-bond donors (Lipinski definition) is 0. The second kappa shape index (κ2) is 6.93. The Morgan fingerprint density at radius 2 is 1.85 bits per heavy atom. The molecule has 7 heteroatoms. The van der Waals surface area contributed by atoms with Crippen molar-refractivity contribution >= 4 is 29.1 Å². The minimum atomic E-state index is -0.785. The zero-order valence-corrected chi connectivity index (χ0v) is 16.8. The van der Waals surface area contributed by atoms with Gasteiger partial charge in [-0.2, -0.15) is 0 Å². The molecule has 6 nitrogen and oxygen atoms in total. The zero-order valence-electron chi connectivity index (χ0n) is 16.0. The van der Waals surface area contributed by atoms with E-state index < -0.39 is 35.3 Å². The third kappa shape index (κ3) is 4.18. The van der Waals surface area contributed by atoms with E-state index in [0.29, 0.717) is 16.2 Å². The Bertz CT molecular complexity index is 788. The molecular weight excluding hydrogens is 372 g/mol. The summed E-state index contributed by atoms with van der Waals surface area (Å²) in [5, 5.41) is 0.552. The van der Waals surface area contributed by atoms with Gasteiger partial charge in [0.15, 0.2) is 11.9 Å². The molecule has 1 saturated heterocycles. The van der Waals surface area contributed by atoms with Gasteiger partial charge >= 0.3 is 11.9 Å². The summed E-state index contributed by atoms with van der Waals surface area (Å²) in [4.78, 5) is 24.9. The first-order valence-corrected chi connectivity index (χ1v) is 9.11. The molecule has 0 radical (unpaired) electrons. The number of carbonyl (C=O) groups is 2. The van der Waals surface area contributed by atoms with Gasteiger partial charge in [-0.15, -0.1) is 0 Å². The molecule has 0 aliphatic carbocycles. The highest BCUT2D eigenvalue weighted by atomic mass is 35.5. The van der Waals surface area contributed by atoms with Crippen LogP contribution in [0, 0.1) is 5.41 Å². The lowest BCUT2D eigenvalue weighted by atomic mass is 9.96. The zero-order chi connectivity index (χ0) is 20.0. The van der Waals surface area contributed by atoms with Crippen LogP contribution in [0.1, 0.15) is 40.2 Å². The molecule has 2 aliphatic rings. The van der Waals surface area contributed by atoms with Crippen LogP contribution >= 0.6 is 11.6 Å². The van der Waals surface area contributed by atoms with Gasteiger partial charge in [-0.25, -0.2) is 4.79 Å². The van der Waals surface area contributed by atoms with Crippen molar-refractivity contribution in [2.24, 2.45) is 5.41 Å². The first-order chi connectivity index (χ1) is 12.5. The third-order valence-corrected chi connectivity index (χ3v) is 4.53. The SMILES string of the molecule is CC1(C)OC[C@H]([C@H]2OC(=O)C(OC(=O)C(C)(C)C)=C2c2ccc(Cl)cc2)O1. The fraction of sp³-hybridized carbons (Fsp3) is 0.500. The molecule has 2 atom stereocenters. The van der Waals surface area contributed by atoms with Gasteiger partial charge in [-0.3, -0.25) is 4.79 Å². The maximum Gasteiger partial charge on any atom is 0.375 e. The van der Waals surface area contributed by atoms with Crippen LogP contribution in [0.4, 0.5) is 0 Å². The molecule has 0 amide bonds. The van der Waals surface area contributed by atoms with Gasteiger partial charge in [-0.1, -0.05) is 23.7 Å². The van der Waals surface area contributed by atoms with Gasteiger partial charge < -0.3 is 18.9 Å². The molecule has 1 fully saturated rings. The largest absolute Gasteiger partial charge is 0.449 e. The van der Waals surface area contributed by atoms with Gasteiger partial charge in [0.05, 0.1) is 17.6 Å². The molecule has 0 aromatic heterocycles. The van der Waals surface area contributed by atoms with Crippen LogP contribution < -0.4 is 0 Å². The number of carbonyl (C=O) groups excluding carboxylic acids is 2. The lowest BCUT2D eigenvalue weighted by Gasteiger charge is -2.22. The smallest absolute Gasteiger partial charge is 0.375 e. The van der Waals surface area contributed by atoms with Crippen molar-refractivity contribution in [1.29, 1.82) is 0 Å². The molecule has 0 spiro atoms. The number of hydrogen-bond acceptors (Lipinski definition) is 6. The molecule has 0 unspecified atom stereocenters. The third-order valence-electron chi connectivity index (χ3n) is 4.28. The summed E-state index contributed by atoms with van der Waals surface area (Å²) >= 11 is 5.98. The van der Waals surface area contributed by atoms with E-state index in [-0.39, 0.29) is 12.4 Å². The van der Waals surface area contributed by atoms with Gasteiger partial charge in [-0.05, 0) is 52.3 Å². The van der Waals surface area contributed by atoms with Crippen molar-refractivity contribution < 1.29 is 28.5 Å². The quantitative estimate of drug-likeness (QED) is 0.728. The molecular formula is C20H23ClO6. The lowest BCUT2D eigenvalue weighted by Crippen LogP contribution is -2.32. The molecule has 1 aromatic carbocycles. The summed E-state index contributed by atoms with van der Waals surface area (Å²) in [5.41, 5.74) is 0.353. The number of esters is 2. The van der Waals surface area contributed by atoms with Gasteiger partial charge in [0.25, 0.3) is 0 Å². The average molecular weight is 395 g/mol. The highest BCUT2D eigenvalue weighted by molar-refractivity contribution is 6.30. The van der Waals surface area contributed by atoms with E-state index in [1.54, 1.807) is 58.9 Å².